The molecular weight excluding hydrogens is 416 g/mol. The molecule has 2 aliphatic rings. The third-order valence-electron chi connectivity index (χ3n) is 6.34. The van der Waals surface area contributed by atoms with Gasteiger partial charge in [-0.3, -0.25) is 9.78 Å². The number of carbonyl (C=O) groups is 1. The molecule has 3 unspecified atom stereocenters. The first kappa shape index (κ1) is 20.5. The van der Waals surface area contributed by atoms with Crippen LogP contribution in [0, 0.1) is 29.2 Å². The first-order chi connectivity index (χ1) is 15.7. The molecule has 0 spiro atoms. The van der Waals surface area contributed by atoms with E-state index < -0.39 is 0 Å². The zero-order valence-corrected chi connectivity index (χ0v) is 18.3. The van der Waals surface area contributed by atoms with Crippen LogP contribution in [0.3, 0.4) is 0 Å². The average molecular weight is 439 g/mol. The fraction of sp³-hybridized carbons (Fsp3) is 0.231. The second kappa shape index (κ2) is 8.97. The number of fused-ring (bicyclic) bond motifs is 1. The highest BCUT2D eigenvalue weighted by atomic mass is 32.2. The minimum atomic E-state index is -0.219. The maximum atomic E-state index is 12.6. The van der Waals surface area contributed by atoms with E-state index in [2.05, 4.69) is 28.3 Å². The number of amides is 1. The number of nitriles is 1. The monoisotopic (exact) mass is 438 g/mol. The van der Waals surface area contributed by atoms with Gasteiger partial charge in [-0.25, -0.2) is 4.99 Å². The van der Waals surface area contributed by atoms with Crippen molar-refractivity contribution in [2.75, 3.05) is 13.1 Å². The van der Waals surface area contributed by atoms with Gasteiger partial charge < -0.3 is 4.90 Å². The Kier molecular flexibility index (Phi) is 5.74. The minimum Gasteiger partial charge on any atom is -0.310 e. The van der Waals surface area contributed by atoms with Gasteiger partial charge in [-0.05, 0) is 65.6 Å². The van der Waals surface area contributed by atoms with Crippen molar-refractivity contribution in [2.45, 2.75) is 16.2 Å². The summed E-state index contributed by atoms with van der Waals surface area (Å²) in [5, 5.41) is 9.06. The number of aliphatic imine (C=N–C) groups is 1. The van der Waals surface area contributed by atoms with Gasteiger partial charge in [0, 0.05) is 47.1 Å². The van der Waals surface area contributed by atoms with E-state index in [4.69, 9.17) is 5.26 Å². The molecule has 1 amide bonds. The number of nitrogens with zero attached hydrogens (tertiary/aromatic N) is 4. The Bertz CT molecular complexity index is 1190. The van der Waals surface area contributed by atoms with Crippen molar-refractivity contribution in [2.24, 2.45) is 22.7 Å². The molecule has 5 rings (SSSR count). The Morgan fingerprint density at radius 1 is 1.12 bits per heavy atom. The van der Waals surface area contributed by atoms with Crippen molar-refractivity contribution in [3.05, 3.63) is 78.6 Å². The molecular formula is C26H22N4OS. The van der Waals surface area contributed by atoms with Gasteiger partial charge >= 0.3 is 0 Å². The van der Waals surface area contributed by atoms with E-state index in [1.54, 1.807) is 24.2 Å². The normalized spacial score (nSPS) is 21.7. The van der Waals surface area contributed by atoms with Crippen molar-refractivity contribution < 1.29 is 4.79 Å². The van der Waals surface area contributed by atoms with Gasteiger partial charge in [-0.15, -0.1) is 0 Å². The molecule has 1 aromatic heterocycles. The second-order valence-electron chi connectivity index (χ2n) is 8.28. The molecule has 158 valence electrons. The number of pyridine rings is 1. The third kappa shape index (κ3) is 4.17. The molecule has 1 aliphatic carbocycles. The minimum absolute atomic E-state index is 0.219. The van der Waals surface area contributed by atoms with Gasteiger partial charge in [0.2, 0.25) is 0 Å². The van der Waals surface area contributed by atoms with Crippen LogP contribution in [0.15, 0.2) is 87.8 Å². The van der Waals surface area contributed by atoms with Crippen molar-refractivity contribution in [1.29, 1.82) is 5.26 Å². The van der Waals surface area contributed by atoms with E-state index in [1.807, 2.05) is 59.6 Å². The lowest BCUT2D eigenvalue weighted by atomic mass is 9.67. The average Bonchev–Trinajstić information content (AvgIpc) is 3.16. The van der Waals surface area contributed by atoms with E-state index in [9.17, 15) is 4.79 Å². The lowest BCUT2D eigenvalue weighted by molar-refractivity contribution is 0.100. The van der Waals surface area contributed by atoms with Crippen LogP contribution >= 0.6 is 11.8 Å². The fourth-order valence-corrected chi connectivity index (χ4v) is 5.51. The number of rotatable bonds is 5. The van der Waals surface area contributed by atoms with E-state index in [0.29, 0.717) is 23.3 Å². The van der Waals surface area contributed by atoms with Gasteiger partial charge in [0.25, 0.3) is 5.91 Å². The van der Waals surface area contributed by atoms with E-state index in [-0.39, 0.29) is 5.91 Å². The molecule has 2 fully saturated rings. The molecule has 1 aliphatic heterocycles. The summed E-state index contributed by atoms with van der Waals surface area (Å²) >= 11 is 1.67. The van der Waals surface area contributed by atoms with Crippen LogP contribution in [0.25, 0.3) is 11.1 Å². The predicted molar refractivity (Wildman–Crippen MR) is 125 cm³/mol. The maximum Gasteiger partial charge on any atom is 0.276 e. The summed E-state index contributed by atoms with van der Waals surface area (Å²) < 4.78 is 0. The molecule has 2 aromatic carbocycles. The molecule has 3 aromatic rings. The summed E-state index contributed by atoms with van der Waals surface area (Å²) in [5.74, 6) is 1.12. The lowest BCUT2D eigenvalue weighted by Gasteiger charge is -2.36. The number of aromatic nitrogens is 1. The molecule has 0 bridgehead atoms. The largest absolute Gasteiger partial charge is 0.310 e. The Labute approximate surface area is 191 Å². The number of hydrogen-bond acceptors (Lipinski definition) is 5. The summed E-state index contributed by atoms with van der Waals surface area (Å²) in [6, 6.07) is 19.8. The molecule has 1 saturated carbocycles. The summed E-state index contributed by atoms with van der Waals surface area (Å²) in [6.45, 7) is 1.64. The smallest absolute Gasteiger partial charge is 0.276 e. The van der Waals surface area contributed by atoms with Gasteiger partial charge in [-0.2, -0.15) is 5.26 Å². The molecule has 5 nitrogen and oxygen atoms in total. The summed E-state index contributed by atoms with van der Waals surface area (Å²) in [7, 11) is 0. The van der Waals surface area contributed by atoms with Gasteiger partial charge in [0.1, 0.15) is 0 Å². The molecule has 0 N–H and O–H groups in total. The Morgan fingerprint density at radius 3 is 2.72 bits per heavy atom. The van der Waals surface area contributed by atoms with Crippen molar-refractivity contribution in [1.82, 2.24) is 9.88 Å². The van der Waals surface area contributed by atoms with Crippen LogP contribution in [0.4, 0.5) is 0 Å². The SMILES string of the molecule is N#CN1CC2CC(C=NC(=O)c3ccc(-c4ccncc4Sc4ccccc4)cc3)C2C1. The molecule has 2 heterocycles. The van der Waals surface area contributed by atoms with Crippen LogP contribution in [0.1, 0.15) is 16.8 Å². The van der Waals surface area contributed by atoms with Crippen LogP contribution in [-0.2, 0) is 0 Å². The summed E-state index contributed by atoms with van der Waals surface area (Å²) in [5.41, 5.74) is 2.70. The molecule has 32 heavy (non-hydrogen) atoms. The second-order valence-corrected chi connectivity index (χ2v) is 9.39. The Hall–Kier alpha value is -3.43. The van der Waals surface area contributed by atoms with Crippen molar-refractivity contribution >= 4 is 23.9 Å². The highest BCUT2D eigenvalue weighted by Crippen LogP contribution is 2.44. The van der Waals surface area contributed by atoms with E-state index in [0.717, 1.165) is 40.4 Å². The summed E-state index contributed by atoms with van der Waals surface area (Å²) in [6.07, 6.45) is 8.71. The van der Waals surface area contributed by atoms with Crippen LogP contribution < -0.4 is 0 Å². The van der Waals surface area contributed by atoms with Crippen LogP contribution in [-0.4, -0.2) is 35.1 Å². The summed E-state index contributed by atoms with van der Waals surface area (Å²) in [4.78, 5) is 25.1. The number of hydrogen-bond donors (Lipinski definition) is 0. The number of likely N-dealkylation sites (tertiary alicyclic amines) is 1. The molecule has 0 radical (unpaired) electrons. The molecule has 1 saturated heterocycles. The number of carbonyl (C=O) groups excluding carboxylic acids is 1. The highest BCUT2D eigenvalue weighted by molar-refractivity contribution is 7.99. The zero-order chi connectivity index (χ0) is 21.9. The molecule has 6 heteroatoms. The molecule has 3 atom stereocenters. The predicted octanol–water partition coefficient (Wildman–Crippen LogP) is 5.16. The van der Waals surface area contributed by atoms with Gasteiger partial charge in [0.05, 0.1) is 0 Å². The fourth-order valence-electron chi connectivity index (χ4n) is 4.56. The first-order valence-electron chi connectivity index (χ1n) is 10.7. The zero-order valence-electron chi connectivity index (χ0n) is 17.5. The van der Waals surface area contributed by atoms with Gasteiger partial charge in [0.15, 0.2) is 6.19 Å². The maximum absolute atomic E-state index is 12.6. The topological polar surface area (TPSA) is 69.3 Å². The lowest BCUT2D eigenvalue weighted by Crippen LogP contribution is -2.36. The van der Waals surface area contributed by atoms with Crippen molar-refractivity contribution in [3.8, 4) is 17.3 Å². The van der Waals surface area contributed by atoms with Crippen LogP contribution in [0.2, 0.25) is 0 Å². The highest BCUT2D eigenvalue weighted by Gasteiger charge is 2.46. The van der Waals surface area contributed by atoms with Gasteiger partial charge in [-0.1, -0.05) is 42.1 Å². The van der Waals surface area contributed by atoms with E-state index in [1.165, 1.54) is 0 Å². The Balaban J connectivity index is 1.27. The standard InChI is InChI=1S/C26H22N4OS/c27-17-30-15-21-12-20(24(21)16-30)13-29-26(31)19-8-6-18(7-9-19)23-10-11-28-14-25(23)32-22-4-2-1-3-5-22/h1-11,13-14,20-21,24H,12,15-16H2. The van der Waals surface area contributed by atoms with E-state index >= 15 is 0 Å². The van der Waals surface area contributed by atoms with Crippen molar-refractivity contribution in [3.63, 3.8) is 0 Å². The Morgan fingerprint density at radius 2 is 1.94 bits per heavy atom. The number of benzene rings is 2. The quantitative estimate of drug-likeness (QED) is 0.407. The van der Waals surface area contributed by atoms with Crippen LogP contribution in [0.5, 0.6) is 0 Å². The third-order valence-corrected chi connectivity index (χ3v) is 7.39. The first-order valence-corrected chi connectivity index (χ1v) is 11.5.